The van der Waals surface area contributed by atoms with E-state index in [-0.39, 0.29) is 22.9 Å². The summed E-state index contributed by atoms with van der Waals surface area (Å²) < 4.78 is 32.7. The number of benzene rings is 2. The van der Waals surface area contributed by atoms with E-state index in [1.165, 1.54) is 34.9 Å². The van der Waals surface area contributed by atoms with E-state index in [0.29, 0.717) is 30.1 Å². The topological polar surface area (TPSA) is 119 Å². The fourth-order valence-corrected chi connectivity index (χ4v) is 6.49. The van der Waals surface area contributed by atoms with Gasteiger partial charge in [-0.05, 0) is 48.7 Å². The average molecular weight is 500 g/mol. The first-order valence-electron chi connectivity index (χ1n) is 10.7. The monoisotopic (exact) mass is 499 g/mol. The minimum absolute atomic E-state index is 0.0585. The number of amides is 2. The number of carbonyl (C=O) groups excluding carboxylic acids is 2. The zero-order chi connectivity index (χ0) is 24.3. The number of nitrogens with one attached hydrogen (secondary N) is 1. The number of hydrogen-bond donors (Lipinski definition) is 2. The summed E-state index contributed by atoms with van der Waals surface area (Å²) in [4.78, 5) is 26.0. The molecule has 0 unspecified atom stereocenters. The maximum absolute atomic E-state index is 13.1. The summed E-state index contributed by atoms with van der Waals surface area (Å²) in [6.45, 7) is 0.394. The molecule has 1 aromatic heterocycles. The van der Waals surface area contributed by atoms with E-state index in [1.807, 2.05) is 30.3 Å². The molecule has 2 aromatic carbocycles. The van der Waals surface area contributed by atoms with Crippen molar-refractivity contribution >= 4 is 38.2 Å². The van der Waals surface area contributed by atoms with Gasteiger partial charge in [-0.3, -0.25) is 9.59 Å². The first kappa shape index (κ1) is 23.9. The molecule has 1 atom stereocenters. The van der Waals surface area contributed by atoms with E-state index in [0.717, 1.165) is 10.4 Å². The maximum atomic E-state index is 13.1. The van der Waals surface area contributed by atoms with Gasteiger partial charge in [0.1, 0.15) is 10.8 Å². The molecule has 0 spiro atoms. The van der Waals surface area contributed by atoms with Gasteiger partial charge in [-0.2, -0.15) is 4.31 Å². The molecule has 34 heavy (non-hydrogen) atoms. The number of nitrogens with two attached hydrogens (primary N) is 1. The molecule has 10 heteroatoms. The molecular formula is C24H25N3O5S2. The van der Waals surface area contributed by atoms with Crippen molar-refractivity contribution < 1.29 is 22.7 Å². The van der Waals surface area contributed by atoms with E-state index >= 15 is 0 Å². The number of nitrogens with zero attached hydrogens (tertiary/aromatic N) is 1. The molecule has 2 heterocycles. The largest absolute Gasteiger partial charge is 0.497 e. The van der Waals surface area contributed by atoms with Crippen molar-refractivity contribution in [3.63, 3.8) is 0 Å². The third-order valence-electron chi connectivity index (χ3n) is 5.74. The summed E-state index contributed by atoms with van der Waals surface area (Å²) in [5.74, 6) is -0.963. The molecule has 1 aliphatic rings. The first-order valence-corrected chi connectivity index (χ1v) is 13.0. The molecule has 2 amide bonds. The quantitative estimate of drug-likeness (QED) is 0.515. The minimum Gasteiger partial charge on any atom is -0.497 e. The Morgan fingerprint density at radius 3 is 2.47 bits per heavy atom. The van der Waals surface area contributed by atoms with Gasteiger partial charge in [-0.25, -0.2) is 8.42 Å². The predicted octanol–water partition coefficient (Wildman–Crippen LogP) is 3.56. The summed E-state index contributed by atoms with van der Waals surface area (Å²) in [5, 5.41) is 3.19. The first-order chi connectivity index (χ1) is 16.3. The van der Waals surface area contributed by atoms with Crippen molar-refractivity contribution in [3.05, 3.63) is 66.2 Å². The molecule has 1 aliphatic heterocycles. The average Bonchev–Trinajstić information content (AvgIpc) is 3.29. The van der Waals surface area contributed by atoms with Crippen LogP contribution in [0.2, 0.25) is 0 Å². The summed E-state index contributed by atoms with van der Waals surface area (Å²) in [6.07, 6.45) is 1.10. The summed E-state index contributed by atoms with van der Waals surface area (Å²) in [5.41, 5.74) is 6.68. The second kappa shape index (κ2) is 9.96. The number of methoxy groups -OCH3 is 1. The van der Waals surface area contributed by atoms with E-state index in [1.54, 1.807) is 18.2 Å². The van der Waals surface area contributed by atoms with Crippen LogP contribution in [-0.2, 0) is 14.8 Å². The SMILES string of the molecule is COc1ccc(S(=O)(=O)N2CCC[C@@H](C(=O)Nc3sc(-c4ccccc4)cc3C(N)=O)C2)cc1. The van der Waals surface area contributed by atoms with Gasteiger partial charge in [0.2, 0.25) is 15.9 Å². The second-order valence-electron chi connectivity index (χ2n) is 7.95. The van der Waals surface area contributed by atoms with Crippen LogP contribution in [0.15, 0.2) is 65.6 Å². The van der Waals surface area contributed by atoms with Gasteiger partial charge in [0.05, 0.1) is 23.5 Å². The van der Waals surface area contributed by atoms with Crippen LogP contribution in [-0.4, -0.2) is 44.7 Å². The van der Waals surface area contributed by atoms with E-state index in [4.69, 9.17) is 10.5 Å². The molecule has 3 aromatic rings. The standard InChI is InChI=1S/C24H25N3O5S2/c1-32-18-9-11-19(12-10-18)34(30,31)27-13-5-8-17(15-27)23(29)26-24-20(22(25)28)14-21(33-24)16-6-3-2-4-7-16/h2-4,6-7,9-12,14,17H,5,8,13,15H2,1H3,(H2,25,28)(H,26,29)/t17-/m1/s1. The Hall–Kier alpha value is -3.21. The predicted molar refractivity (Wildman–Crippen MR) is 131 cm³/mol. The molecule has 0 bridgehead atoms. The van der Waals surface area contributed by atoms with Crippen molar-refractivity contribution in [2.24, 2.45) is 11.7 Å². The van der Waals surface area contributed by atoms with Crippen molar-refractivity contribution in [2.45, 2.75) is 17.7 Å². The maximum Gasteiger partial charge on any atom is 0.251 e. The third kappa shape index (κ3) is 4.98. The van der Waals surface area contributed by atoms with E-state index < -0.39 is 21.8 Å². The van der Waals surface area contributed by atoms with Gasteiger partial charge in [-0.15, -0.1) is 11.3 Å². The molecule has 8 nitrogen and oxygen atoms in total. The summed E-state index contributed by atoms with van der Waals surface area (Å²) in [6, 6.07) is 17.3. The van der Waals surface area contributed by atoms with Crippen LogP contribution in [0, 0.1) is 5.92 Å². The van der Waals surface area contributed by atoms with Crippen molar-refractivity contribution in [1.82, 2.24) is 4.31 Å². The number of anilines is 1. The van der Waals surface area contributed by atoms with Crippen LogP contribution in [0.4, 0.5) is 5.00 Å². The fourth-order valence-electron chi connectivity index (χ4n) is 3.90. The van der Waals surface area contributed by atoms with Gasteiger partial charge in [-0.1, -0.05) is 30.3 Å². The molecule has 0 radical (unpaired) electrons. The number of sulfonamides is 1. The lowest BCUT2D eigenvalue weighted by molar-refractivity contribution is -0.120. The number of thiophene rings is 1. The molecule has 3 N–H and O–H groups in total. The van der Waals surface area contributed by atoms with Crippen LogP contribution in [0.3, 0.4) is 0 Å². The number of primary amides is 1. The third-order valence-corrected chi connectivity index (χ3v) is 8.72. The normalized spacial score (nSPS) is 16.7. The smallest absolute Gasteiger partial charge is 0.251 e. The second-order valence-corrected chi connectivity index (χ2v) is 10.9. The lowest BCUT2D eigenvalue weighted by Gasteiger charge is -2.31. The Kier molecular flexibility index (Phi) is 7.01. The molecule has 0 saturated carbocycles. The highest BCUT2D eigenvalue weighted by molar-refractivity contribution is 7.89. The minimum atomic E-state index is -3.75. The van der Waals surface area contributed by atoms with Crippen LogP contribution < -0.4 is 15.8 Å². The van der Waals surface area contributed by atoms with Gasteiger partial charge in [0.15, 0.2) is 0 Å². The Morgan fingerprint density at radius 1 is 1.12 bits per heavy atom. The van der Waals surface area contributed by atoms with Crippen LogP contribution >= 0.6 is 11.3 Å². The Balaban J connectivity index is 1.51. The van der Waals surface area contributed by atoms with Gasteiger partial charge in [0.25, 0.3) is 5.91 Å². The van der Waals surface area contributed by atoms with Gasteiger partial charge >= 0.3 is 0 Å². The molecular weight excluding hydrogens is 474 g/mol. The number of carbonyl (C=O) groups is 2. The van der Waals surface area contributed by atoms with Crippen molar-refractivity contribution in [3.8, 4) is 16.2 Å². The number of ether oxygens (including phenoxy) is 1. The van der Waals surface area contributed by atoms with Crippen LogP contribution in [0.25, 0.3) is 10.4 Å². The molecule has 4 rings (SSSR count). The van der Waals surface area contributed by atoms with Crippen LogP contribution in [0.5, 0.6) is 5.75 Å². The van der Waals surface area contributed by atoms with Gasteiger partial charge < -0.3 is 15.8 Å². The van der Waals surface area contributed by atoms with E-state index in [2.05, 4.69) is 5.32 Å². The Morgan fingerprint density at radius 2 is 1.82 bits per heavy atom. The lowest BCUT2D eigenvalue weighted by atomic mass is 9.99. The van der Waals surface area contributed by atoms with E-state index in [9.17, 15) is 18.0 Å². The molecule has 1 fully saturated rings. The fraction of sp³-hybridized carbons (Fsp3) is 0.250. The zero-order valence-electron chi connectivity index (χ0n) is 18.6. The number of piperidine rings is 1. The van der Waals surface area contributed by atoms with Gasteiger partial charge in [0, 0.05) is 18.0 Å². The lowest BCUT2D eigenvalue weighted by Crippen LogP contribution is -2.43. The van der Waals surface area contributed by atoms with Crippen molar-refractivity contribution in [2.75, 3.05) is 25.5 Å². The Bertz CT molecular complexity index is 1290. The number of hydrogen-bond acceptors (Lipinski definition) is 6. The van der Waals surface area contributed by atoms with Crippen molar-refractivity contribution in [1.29, 1.82) is 0 Å². The summed E-state index contributed by atoms with van der Waals surface area (Å²) in [7, 11) is -2.24. The highest BCUT2D eigenvalue weighted by Gasteiger charge is 2.34. The summed E-state index contributed by atoms with van der Waals surface area (Å²) >= 11 is 1.26. The van der Waals surface area contributed by atoms with Crippen LogP contribution in [0.1, 0.15) is 23.2 Å². The highest BCUT2D eigenvalue weighted by atomic mass is 32.2. The molecule has 178 valence electrons. The molecule has 0 aliphatic carbocycles. The zero-order valence-corrected chi connectivity index (χ0v) is 20.2. The number of rotatable bonds is 7. The Labute approximate surface area is 202 Å². The molecule has 1 saturated heterocycles. The highest BCUT2D eigenvalue weighted by Crippen LogP contribution is 2.36.